The van der Waals surface area contributed by atoms with E-state index in [4.69, 9.17) is 5.11 Å². The third-order valence-corrected chi connectivity index (χ3v) is 3.63. The van der Waals surface area contributed by atoms with Crippen molar-refractivity contribution in [1.29, 1.82) is 0 Å². The van der Waals surface area contributed by atoms with E-state index in [0.29, 0.717) is 0 Å². The molecule has 0 aliphatic rings. The Bertz CT molecular complexity index is 885. The maximum Gasteiger partial charge on any atom is 0.328 e. The largest absolute Gasteiger partial charge is 0.480 e. The fraction of sp³-hybridized carbons (Fsp3) is 0.214. The summed E-state index contributed by atoms with van der Waals surface area (Å²) in [6.07, 6.45) is 1.22. The molecule has 1 atom stereocenters. The zero-order valence-corrected chi connectivity index (χ0v) is 13.6. The Kier molecular flexibility index (Phi) is 4.96. The first-order chi connectivity index (χ1) is 12.1. The summed E-state index contributed by atoms with van der Waals surface area (Å²) >= 11 is 0. The summed E-state index contributed by atoms with van der Waals surface area (Å²) in [7, 11) is 0. The number of nitro groups is 2. The highest BCUT2D eigenvalue weighted by molar-refractivity contribution is 6.03. The van der Waals surface area contributed by atoms with Gasteiger partial charge in [0.15, 0.2) is 0 Å². The van der Waals surface area contributed by atoms with Crippen molar-refractivity contribution in [1.82, 2.24) is 9.78 Å². The molecule has 1 aromatic heterocycles. The van der Waals surface area contributed by atoms with E-state index < -0.39 is 39.1 Å². The van der Waals surface area contributed by atoms with Crippen LogP contribution < -0.4 is 5.32 Å². The summed E-state index contributed by atoms with van der Waals surface area (Å²) in [5.74, 6) is -2.03. The highest BCUT2D eigenvalue weighted by atomic mass is 16.6. The number of nitrogens with zero attached hydrogens (tertiary/aromatic N) is 4. The second-order valence-electron chi connectivity index (χ2n) is 5.28. The lowest BCUT2D eigenvalue weighted by Gasteiger charge is -2.12. The number of carbonyl (C=O) groups excluding carboxylic acids is 1. The maximum absolute atomic E-state index is 12.4. The first-order valence-electron chi connectivity index (χ1n) is 7.14. The van der Waals surface area contributed by atoms with E-state index in [0.717, 1.165) is 16.8 Å². The van der Waals surface area contributed by atoms with Crippen molar-refractivity contribution in [3.05, 3.63) is 55.9 Å². The number of anilines is 1. The minimum atomic E-state index is -1.22. The highest BCUT2D eigenvalue weighted by Gasteiger charge is 2.25. The molecule has 0 bridgehead atoms. The molecule has 0 radical (unpaired) electrons. The van der Waals surface area contributed by atoms with Crippen molar-refractivity contribution < 1.29 is 24.5 Å². The van der Waals surface area contributed by atoms with Crippen molar-refractivity contribution in [2.24, 2.45) is 0 Å². The van der Waals surface area contributed by atoms with Crippen molar-refractivity contribution in [3.8, 4) is 0 Å². The van der Waals surface area contributed by atoms with Crippen LogP contribution in [0, 0.1) is 27.2 Å². The van der Waals surface area contributed by atoms with Crippen LogP contribution in [0.5, 0.6) is 0 Å². The van der Waals surface area contributed by atoms with Crippen molar-refractivity contribution >= 4 is 28.9 Å². The van der Waals surface area contributed by atoms with Gasteiger partial charge in [-0.2, -0.15) is 5.10 Å². The number of hydrogen-bond acceptors (Lipinski definition) is 7. The van der Waals surface area contributed by atoms with Gasteiger partial charge < -0.3 is 10.4 Å². The molecule has 12 heteroatoms. The van der Waals surface area contributed by atoms with E-state index in [1.165, 1.54) is 26.1 Å². The second kappa shape index (κ2) is 6.96. The van der Waals surface area contributed by atoms with Crippen LogP contribution in [-0.4, -0.2) is 36.6 Å². The van der Waals surface area contributed by atoms with Gasteiger partial charge in [-0.25, -0.2) is 9.48 Å². The Morgan fingerprint density at radius 3 is 2.23 bits per heavy atom. The minimum absolute atomic E-state index is 0.120. The van der Waals surface area contributed by atoms with E-state index in [2.05, 4.69) is 10.4 Å². The summed E-state index contributed by atoms with van der Waals surface area (Å²) in [5.41, 5.74) is -1.49. The van der Waals surface area contributed by atoms with Gasteiger partial charge in [-0.15, -0.1) is 0 Å². The van der Waals surface area contributed by atoms with E-state index >= 15 is 0 Å². The maximum atomic E-state index is 12.4. The average molecular weight is 363 g/mol. The Labute approximate surface area is 145 Å². The molecule has 2 N–H and O–H groups in total. The summed E-state index contributed by atoms with van der Waals surface area (Å²) in [6.45, 7) is 2.54. The number of aliphatic carboxylic acids is 1. The number of nitro benzene ring substituents is 2. The third-order valence-electron chi connectivity index (χ3n) is 3.63. The number of rotatable bonds is 6. The lowest BCUT2D eigenvalue weighted by atomic mass is 10.1. The van der Waals surface area contributed by atoms with Crippen LogP contribution in [0.4, 0.5) is 17.1 Å². The Hall–Kier alpha value is -3.83. The molecular formula is C14H13N5O7. The van der Waals surface area contributed by atoms with Crippen LogP contribution in [0.15, 0.2) is 24.4 Å². The zero-order valence-electron chi connectivity index (χ0n) is 13.6. The van der Waals surface area contributed by atoms with Crippen LogP contribution in [-0.2, 0) is 4.79 Å². The van der Waals surface area contributed by atoms with E-state index in [-0.39, 0.29) is 16.9 Å². The van der Waals surface area contributed by atoms with Crippen molar-refractivity contribution in [2.45, 2.75) is 19.9 Å². The summed E-state index contributed by atoms with van der Waals surface area (Å²) in [6, 6.07) is 2.10. The van der Waals surface area contributed by atoms with E-state index in [1.807, 2.05) is 0 Å². The van der Waals surface area contributed by atoms with Crippen molar-refractivity contribution in [2.75, 3.05) is 5.32 Å². The number of carboxylic acid groups (broad SMARTS) is 1. The molecule has 1 unspecified atom stereocenters. The summed E-state index contributed by atoms with van der Waals surface area (Å²) in [5, 5.41) is 37.2. The molecular weight excluding hydrogens is 350 g/mol. The molecule has 1 aromatic carbocycles. The van der Waals surface area contributed by atoms with Gasteiger partial charge in [0.1, 0.15) is 17.3 Å². The van der Waals surface area contributed by atoms with Gasteiger partial charge >= 0.3 is 5.97 Å². The molecule has 26 heavy (non-hydrogen) atoms. The number of aromatic nitrogens is 2. The topological polar surface area (TPSA) is 170 Å². The predicted octanol–water partition coefficient (Wildman–Crippen LogP) is 1.91. The van der Waals surface area contributed by atoms with Crippen LogP contribution >= 0.6 is 0 Å². The van der Waals surface area contributed by atoms with Crippen LogP contribution in [0.3, 0.4) is 0 Å². The molecule has 0 spiro atoms. The van der Waals surface area contributed by atoms with Gasteiger partial charge in [-0.05, 0) is 19.9 Å². The Morgan fingerprint density at radius 1 is 1.23 bits per heavy atom. The quantitative estimate of drug-likeness (QED) is 0.578. The van der Waals surface area contributed by atoms with Crippen LogP contribution in [0.2, 0.25) is 0 Å². The highest BCUT2D eigenvalue weighted by Crippen LogP contribution is 2.32. The molecule has 12 nitrogen and oxygen atoms in total. The van der Waals surface area contributed by atoms with Crippen molar-refractivity contribution in [3.63, 3.8) is 0 Å². The number of amides is 1. The first-order valence-corrected chi connectivity index (χ1v) is 7.14. The van der Waals surface area contributed by atoms with Gasteiger partial charge in [-0.3, -0.25) is 25.0 Å². The normalized spacial score (nSPS) is 11.6. The first kappa shape index (κ1) is 18.5. The summed E-state index contributed by atoms with van der Waals surface area (Å²) in [4.78, 5) is 44.0. The van der Waals surface area contributed by atoms with Crippen LogP contribution in [0.25, 0.3) is 0 Å². The standard InChI is InChI=1S/C14H13N5O7/c1-7-11(18(23)24)5-9(6-12(7)19(25)26)16-13(20)10-3-4-15-17(10)8(2)14(21)22/h3-6,8H,1-2H3,(H,16,20)(H,21,22). The molecule has 0 aliphatic carbocycles. The smallest absolute Gasteiger partial charge is 0.328 e. The third kappa shape index (κ3) is 3.48. The summed E-state index contributed by atoms with van der Waals surface area (Å²) < 4.78 is 0.953. The van der Waals surface area contributed by atoms with Gasteiger partial charge in [0.2, 0.25) is 0 Å². The average Bonchev–Trinajstić information content (AvgIpc) is 3.04. The van der Waals surface area contributed by atoms with Gasteiger partial charge in [0.05, 0.1) is 15.5 Å². The molecule has 1 heterocycles. The molecule has 0 saturated heterocycles. The Morgan fingerprint density at radius 2 is 1.77 bits per heavy atom. The fourth-order valence-electron chi connectivity index (χ4n) is 2.24. The fourth-order valence-corrected chi connectivity index (χ4v) is 2.24. The predicted molar refractivity (Wildman–Crippen MR) is 87.0 cm³/mol. The minimum Gasteiger partial charge on any atom is -0.480 e. The van der Waals surface area contributed by atoms with E-state index in [1.54, 1.807) is 0 Å². The molecule has 2 aromatic rings. The Balaban J connectivity index is 2.42. The van der Waals surface area contributed by atoms with Gasteiger partial charge in [0, 0.05) is 18.3 Å². The SMILES string of the molecule is Cc1c([N+](=O)[O-])cc(NC(=O)c2ccnn2C(C)C(=O)O)cc1[N+](=O)[O-]. The monoisotopic (exact) mass is 363 g/mol. The molecule has 0 aliphatic heterocycles. The molecule has 0 fully saturated rings. The second-order valence-corrected chi connectivity index (χ2v) is 5.28. The molecule has 2 rings (SSSR count). The van der Waals surface area contributed by atoms with Gasteiger partial charge in [-0.1, -0.05) is 0 Å². The number of hydrogen-bond donors (Lipinski definition) is 2. The van der Waals surface area contributed by atoms with E-state index in [9.17, 15) is 29.8 Å². The molecule has 1 amide bonds. The zero-order chi connectivity index (χ0) is 19.6. The number of nitrogens with one attached hydrogen (secondary N) is 1. The van der Waals surface area contributed by atoms with Gasteiger partial charge in [0.25, 0.3) is 17.3 Å². The molecule has 136 valence electrons. The lowest BCUT2D eigenvalue weighted by Crippen LogP contribution is -2.24. The number of benzene rings is 1. The van der Waals surface area contributed by atoms with Crippen LogP contribution in [0.1, 0.15) is 29.0 Å². The lowest BCUT2D eigenvalue weighted by molar-refractivity contribution is -0.395. The number of carboxylic acids is 1. The molecule has 0 saturated carbocycles. The number of carbonyl (C=O) groups is 2.